The molecular formula is C18H27Cl2N5O3. The number of anilines is 1. The summed E-state index contributed by atoms with van der Waals surface area (Å²) in [5.74, 6) is 0.183. The number of benzene rings is 1. The van der Waals surface area contributed by atoms with Crippen molar-refractivity contribution in [1.82, 2.24) is 15.3 Å². The van der Waals surface area contributed by atoms with Crippen LogP contribution in [0.2, 0.25) is 0 Å². The molecule has 8 nitrogen and oxygen atoms in total. The molecular weight excluding hydrogens is 405 g/mol. The van der Waals surface area contributed by atoms with Gasteiger partial charge in [-0.3, -0.25) is 9.59 Å². The van der Waals surface area contributed by atoms with Crippen LogP contribution in [0.1, 0.15) is 38.6 Å². The third-order valence-electron chi connectivity index (χ3n) is 4.46. The molecule has 10 heteroatoms. The van der Waals surface area contributed by atoms with Crippen LogP contribution < -0.4 is 16.4 Å². The van der Waals surface area contributed by atoms with Crippen LogP contribution in [0.4, 0.5) is 5.69 Å². The molecule has 1 aromatic carbocycles. The number of aromatic nitrogens is 2. The number of hydrogen-bond donors (Lipinski definition) is 4. The molecule has 2 aromatic rings. The Kier molecular flexibility index (Phi) is 9.16. The van der Waals surface area contributed by atoms with E-state index in [4.69, 9.17) is 10.5 Å². The molecule has 2 atom stereocenters. The number of fused-ring (bicyclic) bond motifs is 1. The maximum Gasteiger partial charge on any atom is 0.243 e. The van der Waals surface area contributed by atoms with E-state index in [2.05, 4.69) is 20.6 Å². The van der Waals surface area contributed by atoms with Crippen molar-refractivity contribution in [2.45, 2.75) is 38.8 Å². The summed E-state index contributed by atoms with van der Waals surface area (Å²) >= 11 is 0. The summed E-state index contributed by atoms with van der Waals surface area (Å²) in [4.78, 5) is 31.7. The van der Waals surface area contributed by atoms with Crippen LogP contribution in [0.5, 0.6) is 0 Å². The highest BCUT2D eigenvalue weighted by atomic mass is 35.5. The minimum atomic E-state index is -0.625. The maximum absolute atomic E-state index is 12.0. The first-order chi connectivity index (χ1) is 12.4. The van der Waals surface area contributed by atoms with Gasteiger partial charge in [0.05, 0.1) is 23.6 Å². The Balaban J connectivity index is 0.00000196. The largest absolute Gasteiger partial charge is 0.370 e. The van der Waals surface area contributed by atoms with Gasteiger partial charge in [0.1, 0.15) is 11.9 Å². The molecule has 1 aliphatic heterocycles. The zero-order valence-corrected chi connectivity index (χ0v) is 17.5. The Hall–Kier alpha value is -1.87. The average molecular weight is 432 g/mol. The Morgan fingerprint density at radius 2 is 2.11 bits per heavy atom. The second-order valence-corrected chi connectivity index (χ2v) is 6.89. The molecule has 1 unspecified atom stereocenters. The van der Waals surface area contributed by atoms with Crippen molar-refractivity contribution in [2.75, 3.05) is 18.5 Å². The number of rotatable bonds is 6. The van der Waals surface area contributed by atoms with E-state index in [0.717, 1.165) is 36.3 Å². The smallest absolute Gasteiger partial charge is 0.243 e. The number of nitrogens with one attached hydrogen (secondary N) is 3. The molecule has 2 amide bonds. The third-order valence-corrected chi connectivity index (χ3v) is 4.46. The van der Waals surface area contributed by atoms with Gasteiger partial charge in [-0.05, 0) is 37.0 Å². The first-order valence-corrected chi connectivity index (χ1v) is 8.88. The maximum atomic E-state index is 12.0. The van der Waals surface area contributed by atoms with Gasteiger partial charge in [0.15, 0.2) is 0 Å². The lowest BCUT2D eigenvalue weighted by Gasteiger charge is -2.15. The lowest BCUT2D eigenvalue weighted by molar-refractivity contribution is -0.125. The summed E-state index contributed by atoms with van der Waals surface area (Å²) in [6, 6.07) is 4.82. The van der Waals surface area contributed by atoms with Crippen molar-refractivity contribution >= 4 is 53.3 Å². The zero-order chi connectivity index (χ0) is 18.7. The van der Waals surface area contributed by atoms with Crippen molar-refractivity contribution in [3.8, 4) is 0 Å². The Morgan fingerprint density at radius 3 is 2.75 bits per heavy atom. The molecule has 0 spiro atoms. The Bertz CT molecular complexity index is 806. The zero-order valence-electron chi connectivity index (χ0n) is 15.9. The molecule has 0 bridgehead atoms. The molecule has 2 heterocycles. The Morgan fingerprint density at radius 1 is 1.36 bits per heavy atom. The number of aromatic amines is 1. The van der Waals surface area contributed by atoms with E-state index >= 15 is 0 Å². The van der Waals surface area contributed by atoms with Gasteiger partial charge in [-0.1, -0.05) is 13.8 Å². The molecule has 1 fully saturated rings. The number of H-pyrrole nitrogens is 1. The lowest BCUT2D eigenvalue weighted by atomic mass is 10.1. The number of ether oxygens (including phenoxy) is 1. The van der Waals surface area contributed by atoms with E-state index in [0.29, 0.717) is 5.69 Å². The average Bonchev–Trinajstić information content (AvgIpc) is 3.27. The number of halogens is 2. The van der Waals surface area contributed by atoms with Crippen molar-refractivity contribution in [1.29, 1.82) is 0 Å². The predicted molar refractivity (Wildman–Crippen MR) is 113 cm³/mol. The molecule has 3 rings (SSSR count). The van der Waals surface area contributed by atoms with Crippen molar-refractivity contribution in [2.24, 2.45) is 11.7 Å². The Labute approximate surface area is 176 Å². The van der Waals surface area contributed by atoms with Gasteiger partial charge in [0.25, 0.3) is 0 Å². The van der Waals surface area contributed by atoms with Crippen molar-refractivity contribution < 1.29 is 14.3 Å². The third kappa shape index (κ3) is 5.81. The normalized spacial score (nSPS) is 16.9. The topological polar surface area (TPSA) is 122 Å². The second kappa shape index (κ2) is 10.6. The van der Waals surface area contributed by atoms with E-state index in [1.54, 1.807) is 6.07 Å². The minimum Gasteiger partial charge on any atom is -0.370 e. The van der Waals surface area contributed by atoms with Gasteiger partial charge in [0.2, 0.25) is 11.8 Å². The molecule has 5 N–H and O–H groups in total. The number of amides is 2. The second-order valence-electron chi connectivity index (χ2n) is 6.89. The minimum absolute atomic E-state index is 0. The number of imidazole rings is 1. The molecule has 1 aliphatic rings. The van der Waals surface area contributed by atoms with Gasteiger partial charge in [-0.2, -0.15) is 0 Å². The molecule has 0 saturated carbocycles. The fraction of sp³-hybridized carbons (Fsp3) is 0.500. The highest BCUT2D eigenvalue weighted by molar-refractivity contribution is 5.96. The SMILES string of the molecule is CC(C)[C@H](N)C(=O)NCC(=O)Nc1ccc2nc(C3CCCO3)[nH]c2c1.Cl.Cl. The van der Waals surface area contributed by atoms with E-state index in [9.17, 15) is 9.59 Å². The highest BCUT2D eigenvalue weighted by Crippen LogP contribution is 2.28. The summed E-state index contributed by atoms with van der Waals surface area (Å²) in [6.07, 6.45) is 2.01. The van der Waals surface area contributed by atoms with Gasteiger partial charge in [-0.15, -0.1) is 24.8 Å². The molecule has 0 aliphatic carbocycles. The van der Waals surface area contributed by atoms with Crippen LogP contribution in [-0.2, 0) is 14.3 Å². The van der Waals surface area contributed by atoms with E-state index in [1.165, 1.54) is 0 Å². The fourth-order valence-corrected chi connectivity index (χ4v) is 2.85. The van der Waals surface area contributed by atoms with Crippen LogP contribution in [0.3, 0.4) is 0 Å². The van der Waals surface area contributed by atoms with Gasteiger partial charge >= 0.3 is 0 Å². The fourth-order valence-electron chi connectivity index (χ4n) is 2.85. The molecule has 156 valence electrons. The van der Waals surface area contributed by atoms with Gasteiger partial charge < -0.3 is 26.1 Å². The van der Waals surface area contributed by atoms with E-state index in [1.807, 2.05) is 26.0 Å². The number of carbonyl (C=O) groups excluding carboxylic acids is 2. The number of nitrogens with zero attached hydrogens (tertiary/aromatic N) is 1. The summed E-state index contributed by atoms with van der Waals surface area (Å²) in [5, 5.41) is 5.31. The summed E-state index contributed by atoms with van der Waals surface area (Å²) < 4.78 is 5.64. The van der Waals surface area contributed by atoms with E-state index in [-0.39, 0.29) is 55.2 Å². The van der Waals surface area contributed by atoms with Crippen LogP contribution in [0.15, 0.2) is 18.2 Å². The predicted octanol–water partition coefficient (Wildman–Crippen LogP) is 2.30. The van der Waals surface area contributed by atoms with Crippen LogP contribution in [-0.4, -0.2) is 41.0 Å². The molecule has 1 saturated heterocycles. The van der Waals surface area contributed by atoms with Gasteiger partial charge in [-0.25, -0.2) is 4.98 Å². The van der Waals surface area contributed by atoms with Crippen LogP contribution >= 0.6 is 24.8 Å². The summed E-state index contributed by atoms with van der Waals surface area (Å²) in [5.41, 5.74) is 8.04. The highest BCUT2D eigenvalue weighted by Gasteiger charge is 2.21. The first kappa shape index (κ1) is 24.2. The quantitative estimate of drug-likeness (QED) is 0.558. The summed E-state index contributed by atoms with van der Waals surface area (Å²) in [6.45, 7) is 4.35. The van der Waals surface area contributed by atoms with Crippen LogP contribution in [0.25, 0.3) is 11.0 Å². The number of carbonyl (C=O) groups is 2. The van der Waals surface area contributed by atoms with E-state index < -0.39 is 6.04 Å². The molecule has 0 radical (unpaired) electrons. The van der Waals surface area contributed by atoms with Crippen molar-refractivity contribution in [3.63, 3.8) is 0 Å². The molecule has 28 heavy (non-hydrogen) atoms. The van der Waals surface area contributed by atoms with Crippen LogP contribution in [0, 0.1) is 5.92 Å². The first-order valence-electron chi connectivity index (χ1n) is 8.88. The molecule has 1 aromatic heterocycles. The lowest BCUT2D eigenvalue weighted by Crippen LogP contribution is -2.46. The number of nitrogens with two attached hydrogens (primary N) is 1. The standard InChI is InChI=1S/C18H25N5O3.2ClH/c1-10(2)16(19)18(25)20-9-15(24)21-11-5-6-12-13(8-11)23-17(22-12)14-4-3-7-26-14;;/h5-6,8,10,14,16H,3-4,7,9,19H2,1-2H3,(H,20,25)(H,21,24)(H,22,23);2*1H/t14?,16-;;/m0../s1. The van der Waals surface area contributed by atoms with Crippen molar-refractivity contribution in [3.05, 3.63) is 24.0 Å². The van der Waals surface area contributed by atoms with Gasteiger partial charge in [0, 0.05) is 12.3 Å². The summed E-state index contributed by atoms with van der Waals surface area (Å²) in [7, 11) is 0. The number of hydrogen-bond acceptors (Lipinski definition) is 5. The monoisotopic (exact) mass is 431 g/mol.